The van der Waals surface area contributed by atoms with Gasteiger partial charge in [0.25, 0.3) is 5.60 Å². The monoisotopic (exact) mass is 605 g/mol. The molecule has 0 saturated carbocycles. The number of ether oxygens (including phenoxy) is 2. The molecule has 0 aliphatic carbocycles. The minimum Gasteiger partial charge on any atom is -0.479 e. The number of hydrogen-bond donors (Lipinski definition) is 6. The molecule has 0 spiro atoms. The molecule has 0 amide bonds. The zero-order chi connectivity index (χ0) is 30.7. The number of aliphatic carboxylic acids is 2. The number of terminal acetylenes is 1. The summed E-state index contributed by atoms with van der Waals surface area (Å²) in [6, 6.07) is 7.94. The van der Waals surface area contributed by atoms with Crippen molar-refractivity contribution in [1.82, 2.24) is 19.5 Å². The fourth-order valence-electron chi connectivity index (χ4n) is 4.68. The molecule has 0 unspecified atom stereocenters. The number of aliphatic hydroxyl groups is 4. The summed E-state index contributed by atoms with van der Waals surface area (Å²) in [6.07, 6.45) is 1.28. The Morgan fingerprint density at radius 3 is 2.38 bits per heavy atom. The van der Waals surface area contributed by atoms with E-state index in [0.29, 0.717) is 5.56 Å². The number of carbonyl (C=O) groups is 2. The molecule has 224 valence electrons. The molecule has 1 aliphatic rings. The number of fused-ring (bicyclic) bond motifs is 1. The molecule has 2 aromatic heterocycles. The number of rotatable bonds is 13. The molecule has 6 N–H and O–H groups in total. The molecule has 4 rings (SSSR count). The number of anilines is 1. The third-order valence-electron chi connectivity index (χ3n) is 6.90. The van der Waals surface area contributed by atoms with Gasteiger partial charge in [-0.05, 0) is 17.2 Å². The number of imidazole rings is 1. The zero-order valence-corrected chi connectivity index (χ0v) is 22.7. The van der Waals surface area contributed by atoms with Crippen molar-refractivity contribution in [3.63, 3.8) is 0 Å². The largest absolute Gasteiger partial charge is 0.479 e. The number of carboxylic acids is 2. The van der Waals surface area contributed by atoms with Gasteiger partial charge in [0.15, 0.2) is 28.8 Å². The second kappa shape index (κ2) is 12.5. The molecule has 0 bridgehead atoms. The molecular formula is C26H28ClN5O10. The lowest BCUT2D eigenvalue weighted by molar-refractivity contribution is -0.191. The van der Waals surface area contributed by atoms with E-state index in [2.05, 4.69) is 15.0 Å². The van der Waals surface area contributed by atoms with E-state index >= 15 is 0 Å². The van der Waals surface area contributed by atoms with Gasteiger partial charge in [-0.3, -0.25) is 4.57 Å². The molecule has 3 aromatic rings. The van der Waals surface area contributed by atoms with Crippen molar-refractivity contribution in [3.05, 3.63) is 47.5 Å². The maximum absolute atomic E-state index is 12.2. The summed E-state index contributed by atoms with van der Waals surface area (Å²) in [6.45, 7) is -1.24. The maximum atomic E-state index is 12.2. The van der Waals surface area contributed by atoms with Crippen LogP contribution < -0.4 is 4.90 Å². The van der Waals surface area contributed by atoms with Crippen LogP contribution in [-0.4, -0.2) is 118 Å². The van der Waals surface area contributed by atoms with Gasteiger partial charge in [-0.25, -0.2) is 14.6 Å². The maximum Gasteiger partial charge on any atom is 0.348 e. The van der Waals surface area contributed by atoms with E-state index in [4.69, 9.17) is 27.5 Å². The van der Waals surface area contributed by atoms with Crippen LogP contribution in [0.5, 0.6) is 0 Å². The molecular weight excluding hydrogens is 578 g/mol. The first-order valence-electron chi connectivity index (χ1n) is 12.6. The molecule has 1 saturated heterocycles. The summed E-state index contributed by atoms with van der Waals surface area (Å²) in [7, 11) is 0. The van der Waals surface area contributed by atoms with Crippen LogP contribution in [0, 0.1) is 12.3 Å². The smallest absolute Gasteiger partial charge is 0.348 e. The van der Waals surface area contributed by atoms with Crippen LogP contribution in [0.2, 0.25) is 5.28 Å². The summed E-state index contributed by atoms with van der Waals surface area (Å²) in [5, 5.41) is 60.7. The highest BCUT2D eigenvalue weighted by Gasteiger charge is 2.58. The molecule has 1 aliphatic heterocycles. The SMILES string of the molecule is C#C[C@@]1(O)[C@@H](COC(Cc2ccccc2)(C(=O)O)C(=O)O)O[C@@H](n2cnc3c(N(CCO)CCO)nc(Cl)nc32)[C@@H]1O. The van der Waals surface area contributed by atoms with Crippen LogP contribution >= 0.6 is 11.6 Å². The van der Waals surface area contributed by atoms with Gasteiger partial charge in [-0.2, -0.15) is 9.97 Å². The molecule has 1 aromatic carbocycles. The Labute approximate surface area is 243 Å². The summed E-state index contributed by atoms with van der Waals surface area (Å²) >= 11 is 6.15. The van der Waals surface area contributed by atoms with Crippen LogP contribution in [0.4, 0.5) is 5.82 Å². The highest BCUT2D eigenvalue weighted by atomic mass is 35.5. The lowest BCUT2D eigenvalue weighted by atomic mass is 9.92. The second-order valence-corrected chi connectivity index (χ2v) is 9.75. The minimum absolute atomic E-state index is 0.0327. The fourth-order valence-corrected chi connectivity index (χ4v) is 4.84. The Morgan fingerprint density at radius 2 is 1.81 bits per heavy atom. The quantitative estimate of drug-likeness (QED) is 0.0786. The van der Waals surface area contributed by atoms with Crippen LogP contribution in [0.3, 0.4) is 0 Å². The van der Waals surface area contributed by atoms with Crippen LogP contribution in [0.25, 0.3) is 11.2 Å². The molecule has 3 heterocycles. The second-order valence-electron chi connectivity index (χ2n) is 9.42. The third kappa shape index (κ3) is 5.61. The van der Waals surface area contributed by atoms with E-state index in [9.17, 15) is 40.2 Å². The average molecular weight is 606 g/mol. The topological polar surface area (TPSA) is 221 Å². The molecule has 15 nitrogen and oxygen atoms in total. The lowest BCUT2D eigenvalue weighted by Crippen LogP contribution is -2.55. The number of nitrogens with zero attached hydrogens (tertiary/aromatic N) is 5. The summed E-state index contributed by atoms with van der Waals surface area (Å²) in [5.74, 6) is -1.38. The molecule has 4 atom stereocenters. The number of aliphatic hydroxyl groups excluding tert-OH is 3. The number of halogens is 1. The van der Waals surface area contributed by atoms with Crippen molar-refractivity contribution in [2.75, 3.05) is 37.8 Å². The summed E-state index contributed by atoms with van der Waals surface area (Å²) < 4.78 is 12.5. The van der Waals surface area contributed by atoms with E-state index < -0.39 is 54.6 Å². The Balaban J connectivity index is 1.68. The standard InChI is InChI=1S/C26H28ClN5O10/c1-2-25(40)16(13-41-26(22(36)37,23(38)39)12-15-6-4-3-5-7-15)42-21(18(25)35)32-14-28-17-19(29-24(27)30-20(17)32)31(8-10-33)9-11-34/h1,3-7,14,16,18,21,33-35,40H,8-13H2,(H,36,37)(H,38,39)/t16-,18+,21-,25-/m1/s1. The molecule has 16 heteroatoms. The fraction of sp³-hybridized carbons (Fsp3) is 0.423. The number of carboxylic acid groups (broad SMARTS) is 2. The zero-order valence-electron chi connectivity index (χ0n) is 21.9. The van der Waals surface area contributed by atoms with E-state index in [-0.39, 0.29) is 48.6 Å². The Kier molecular flexibility index (Phi) is 9.28. The van der Waals surface area contributed by atoms with E-state index in [1.54, 1.807) is 18.2 Å². The van der Waals surface area contributed by atoms with Crippen LogP contribution in [0.15, 0.2) is 36.7 Å². The predicted molar refractivity (Wildman–Crippen MR) is 145 cm³/mol. The first kappa shape index (κ1) is 31.1. The van der Waals surface area contributed by atoms with Gasteiger partial charge in [0.05, 0.1) is 26.1 Å². The summed E-state index contributed by atoms with van der Waals surface area (Å²) in [4.78, 5) is 38.5. The van der Waals surface area contributed by atoms with Gasteiger partial charge in [-0.1, -0.05) is 36.3 Å². The number of hydrogen-bond acceptors (Lipinski definition) is 12. The first-order valence-corrected chi connectivity index (χ1v) is 12.9. The van der Waals surface area contributed by atoms with Crippen molar-refractivity contribution in [3.8, 4) is 12.3 Å². The van der Waals surface area contributed by atoms with E-state index in [1.807, 2.05) is 5.92 Å². The third-order valence-corrected chi connectivity index (χ3v) is 7.07. The van der Waals surface area contributed by atoms with E-state index in [0.717, 1.165) is 0 Å². The first-order chi connectivity index (χ1) is 20.0. The van der Waals surface area contributed by atoms with Gasteiger partial charge < -0.3 is 45.0 Å². The van der Waals surface area contributed by atoms with Gasteiger partial charge in [0.2, 0.25) is 5.28 Å². The highest BCUT2D eigenvalue weighted by molar-refractivity contribution is 6.28. The lowest BCUT2D eigenvalue weighted by Gasteiger charge is -2.30. The Hall–Kier alpha value is -3.88. The molecule has 1 fully saturated rings. The van der Waals surface area contributed by atoms with Crippen molar-refractivity contribution in [2.24, 2.45) is 0 Å². The van der Waals surface area contributed by atoms with Gasteiger partial charge in [-0.15, -0.1) is 6.42 Å². The van der Waals surface area contributed by atoms with E-state index in [1.165, 1.54) is 27.9 Å². The average Bonchev–Trinajstić information content (AvgIpc) is 3.49. The molecule has 0 radical (unpaired) electrons. The Bertz CT molecular complexity index is 1460. The van der Waals surface area contributed by atoms with Crippen molar-refractivity contribution >= 4 is 40.5 Å². The van der Waals surface area contributed by atoms with Crippen LogP contribution in [-0.2, 0) is 25.5 Å². The normalized spacial score (nSPS) is 22.2. The van der Waals surface area contributed by atoms with Crippen LogP contribution in [0.1, 0.15) is 11.8 Å². The van der Waals surface area contributed by atoms with Crippen molar-refractivity contribution in [2.45, 2.75) is 36.1 Å². The van der Waals surface area contributed by atoms with Gasteiger partial charge >= 0.3 is 11.9 Å². The minimum atomic E-state index is -2.77. The van der Waals surface area contributed by atoms with Crippen molar-refractivity contribution < 1.29 is 49.7 Å². The number of benzene rings is 1. The number of aromatic nitrogens is 4. The van der Waals surface area contributed by atoms with Gasteiger partial charge in [0, 0.05) is 19.5 Å². The predicted octanol–water partition coefficient (Wildman–Crippen LogP) is -0.939. The molecule has 42 heavy (non-hydrogen) atoms. The summed E-state index contributed by atoms with van der Waals surface area (Å²) in [5.41, 5.74) is -4.70. The Morgan fingerprint density at radius 1 is 1.17 bits per heavy atom. The highest BCUT2D eigenvalue weighted by Crippen LogP contribution is 2.40. The van der Waals surface area contributed by atoms with Crippen molar-refractivity contribution in [1.29, 1.82) is 0 Å². The van der Waals surface area contributed by atoms with Gasteiger partial charge in [0.1, 0.15) is 12.2 Å².